The van der Waals surface area contributed by atoms with Crippen LogP contribution in [0.15, 0.2) is 36.5 Å². The number of nitrogens with zero attached hydrogens (tertiary/aromatic N) is 2. The highest BCUT2D eigenvalue weighted by Crippen LogP contribution is 1.97. The number of hydrogen-bond donors (Lipinski definition) is 2. The van der Waals surface area contributed by atoms with Gasteiger partial charge in [-0.05, 0) is 37.6 Å². The van der Waals surface area contributed by atoms with Crippen molar-refractivity contribution in [2.75, 3.05) is 11.5 Å². The molecular weight excluding hydrogens is 200 g/mol. The molecule has 4 nitrogen and oxygen atoms in total. The van der Waals surface area contributed by atoms with Gasteiger partial charge in [0, 0.05) is 11.9 Å². The van der Waals surface area contributed by atoms with Crippen LogP contribution in [-0.2, 0) is 0 Å². The van der Waals surface area contributed by atoms with Gasteiger partial charge in [-0.15, -0.1) is 0 Å². The van der Waals surface area contributed by atoms with Gasteiger partial charge < -0.3 is 11.5 Å². The second kappa shape index (κ2) is 5.70. The summed E-state index contributed by atoms with van der Waals surface area (Å²) in [7, 11) is 0. The lowest BCUT2D eigenvalue weighted by molar-refractivity contribution is 1.21. The molecule has 2 rings (SSSR count). The molecule has 0 aromatic carbocycles. The predicted octanol–water partition coefficient (Wildman–Crippen LogP) is 1.94. The minimum atomic E-state index is 0.579. The van der Waals surface area contributed by atoms with E-state index in [2.05, 4.69) is 9.97 Å². The molecule has 4 heteroatoms. The average molecular weight is 216 g/mol. The molecule has 0 saturated heterocycles. The van der Waals surface area contributed by atoms with E-state index < -0.39 is 0 Å². The Morgan fingerprint density at radius 2 is 1.69 bits per heavy atom. The zero-order valence-electron chi connectivity index (χ0n) is 9.51. The second-order valence-electron chi connectivity index (χ2n) is 3.46. The summed E-state index contributed by atoms with van der Waals surface area (Å²) < 4.78 is 0. The zero-order valence-corrected chi connectivity index (χ0v) is 9.51. The molecule has 16 heavy (non-hydrogen) atoms. The number of aryl methyl sites for hydroxylation is 2. The Morgan fingerprint density at radius 3 is 2.06 bits per heavy atom. The fraction of sp³-hybridized carbons (Fsp3) is 0.167. The highest BCUT2D eigenvalue weighted by molar-refractivity contribution is 5.28. The zero-order chi connectivity index (χ0) is 12.0. The van der Waals surface area contributed by atoms with Crippen LogP contribution in [0, 0.1) is 13.8 Å². The van der Waals surface area contributed by atoms with E-state index in [0.717, 1.165) is 11.3 Å². The molecule has 0 radical (unpaired) electrons. The molecule has 0 aliphatic rings. The molecule has 0 unspecified atom stereocenters. The number of rotatable bonds is 0. The van der Waals surface area contributed by atoms with Crippen LogP contribution in [0.5, 0.6) is 0 Å². The van der Waals surface area contributed by atoms with Crippen LogP contribution in [0.4, 0.5) is 11.6 Å². The third-order valence-electron chi connectivity index (χ3n) is 1.84. The summed E-state index contributed by atoms with van der Waals surface area (Å²) in [5.74, 6) is 1.17. The minimum absolute atomic E-state index is 0.579. The van der Waals surface area contributed by atoms with Crippen LogP contribution in [0.1, 0.15) is 11.3 Å². The van der Waals surface area contributed by atoms with Crippen molar-refractivity contribution in [2.24, 2.45) is 0 Å². The molecular formula is C12H16N4. The van der Waals surface area contributed by atoms with E-state index in [1.54, 1.807) is 18.3 Å². The van der Waals surface area contributed by atoms with Crippen LogP contribution in [-0.4, -0.2) is 9.97 Å². The van der Waals surface area contributed by atoms with Crippen LogP contribution in [0.2, 0.25) is 0 Å². The van der Waals surface area contributed by atoms with Gasteiger partial charge >= 0.3 is 0 Å². The number of aromatic nitrogens is 2. The first-order valence-electron chi connectivity index (χ1n) is 4.95. The van der Waals surface area contributed by atoms with Gasteiger partial charge in [-0.3, -0.25) is 0 Å². The monoisotopic (exact) mass is 216 g/mol. The van der Waals surface area contributed by atoms with E-state index >= 15 is 0 Å². The maximum Gasteiger partial charge on any atom is 0.123 e. The Bertz CT molecular complexity index is 399. The molecule has 2 heterocycles. The first-order valence-corrected chi connectivity index (χ1v) is 4.95. The van der Waals surface area contributed by atoms with Crippen molar-refractivity contribution in [3.8, 4) is 0 Å². The molecule has 0 fully saturated rings. The Hall–Kier alpha value is -2.10. The normalized spacial score (nSPS) is 9.12. The second-order valence-corrected chi connectivity index (χ2v) is 3.46. The van der Waals surface area contributed by atoms with Crippen molar-refractivity contribution in [1.29, 1.82) is 0 Å². The average Bonchev–Trinajstić information content (AvgIpc) is 2.23. The van der Waals surface area contributed by atoms with Crippen LogP contribution < -0.4 is 11.5 Å². The van der Waals surface area contributed by atoms with E-state index in [-0.39, 0.29) is 0 Å². The van der Waals surface area contributed by atoms with Crippen molar-refractivity contribution in [1.82, 2.24) is 9.97 Å². The highest BCUT2D eigenvalue weighted by Gasteiger charge is 1.83. The number of nitrogen functional groups attached to an aromatic ring is 2. The van der Waals surface area contributed by atoms with Crippen molar-refractivity contribution in [2.45, 2.75) is 13.8 Å². The lowest BCUT2D eigenvalue weighted by Gasteiger charge is -1.90. The fourth-order valence-electron chi connectivity index (χ4n) is 1.04. The Kier molecular flexibility index (Phi) is 4.27. The van der Waals surface area contributed by atoms with E-state index in [0.29, 0.717) is 11.6 Å². The van der Waals surface area contributed by atoms with Crippen molar-refractivity contribution in [3.05, 3.63) is 47.8 Å². The summed E-state index contributed by atoms with van der Waals surface area (Å²) in [6, 6.07) is 9.29. The first kappa shape index (κ1) is 12.0. The molecule has 2 aromatic heterocycles. The summed E-state index contributed by atoms with van der Waals surface area (Å²) in [5.41, 5.74) is 12.8. The molecule has 2 aromatic rings. The Morgan fingerprint density at radius 1 is 0.938 bits per heavy atom. The van der Waals surface area contributed by atoms with Gasteiger partial charge in [0.15, 0.2) is 0 Å². The van der Waals surface area contributed by atoms with Gasteiger partial charge in [0.2, 0.25) is 0 Å². The molecule has 0 bridgehead atoms. The van der Waals surface area contributed by atoms with Gasteiger partial charge in [-0.2, -0.15) is 0 Å². The third kappa shape index (κ3) is 4.41. The van der Waals surface area contributed by atoms with Crippen molar-refractivity contribution < 1.29 is 0 Å². The lowest BCUT2D eigenvalue weighted by Crippen LogP contribution is -1.89. The van der Waals surface area contributed by atoms with E-state index in [9.17, 15) is 0 Å². The molecule has 0 atom stereocenters. The third-order valence-corrected chi connectivity index (χ3v) is 1.84. The maximum atomic E-state index is 5.35. The molecule has 84 valence electrons. The molecule has 0 aliphatic heterocycles. The van der Waals surface area contributed by atoms with E-state index in [1.165, 1.54) is 0 Å². The van der Waals surface area contributed by atoms with Crippen LogP contribution in [0.25, 0.3) is 0 Å². The van der Waals surface area contributed by atoms with Gasteiger partial charge in [0.1, 0.15) is 11.6 Å². The first-order chi connectivity index (χ1) is 7.58. The maximum absolute atomic E-state index is 5.35. The SMILES string of the molecule is Cc1ccc(N)nc1.Cc1cccc(N)n1. The summed E-state index contributed by atoms with van der Waals surface area (Å²) in [6.07, 6.45) is 1.75. The van der Waals surface area contributed by atoms with Gasteiger partial charge in [-0.25, -0.2) is 9.97 Å². The summed E-state index contributed by atoms with van der Waals surface area (Å²) >= 11 is 0. The lowest BCUT2D eigenvalue weighted by atomic mass is 10.3. The quantitative estimate of drug-likeness (QED) is 0.705. The Labute approximate surface area is 95.3 Å². The van der Waals surface area contributed by atoms with Gasteiger partial charge in [0.05, 0.1) is 0 Å². The summed E-state index contributed by atoms with van der Waals surface area (Å²) in [5, 5.41) is 0. The minimum Gasteiger partial charge on any atom is -0.384 e. The molecule has 4 N–H and O–H groups in total. The van der Waals surface area contributed by atoms with Gasteiger partial charge in [0.25, 0.3) is 0 Å². The highest BCUT2D eigenvalue weighted by atomic mass is 14.8. The Balaban J connectivity index is 0.000000160. The number of pyridine rings is 2. The van der Waals surface area contributed by atoms with Crippen LogP contribution in [0.3, 0.4) is 0 Å². The largest absolute Gasteiger partial charge is 0.384 e. The summed E-state index contributed by atoms with van der Waals surface area (Å²) in [6.45, 7) is 3.89. The molecule has 0 aliphatic carbocycles. The molecule has 0 amide bonds. The van der Waals surface area contributed by atoms with Crippen molar-refractivity contribution >= 4 is 11.6 Å². The van der Waals surface area contributed by atoms with Crippen LogP contribution >= 0.6 is 0 Å². The number of hydrogen-bond acceptors (Lipinski definition) is 4. The number of anilines is 2. The fourth-order valence-corrected chi connectivity index (χ4v) is 1.04. The molecule has 0 saturated carbocycles. The van der Waals surface area contributed by atoms with E-state index in [4.69, 9.17) is 11.5 Å². The predicted molar refractivity (Wildman–Crippen MR) is 66.8 cm³/mol. The number of nitrogens with two attached hydrogens (primary N) is 2. The van der Waals surface area contributed by atoms with Gasteiger partial charge in [-0.1, -0.05) is 12.1 Å². The van der Waals surface area contributed by atoms with E-state index in [1.807, 2.05) is 32.0 Å². The standard InChI is InChI=1S/2C6H8N2/c1-5-2-3-6(7)8-4-5;1-5-3-2-4-6(7)8-5/h2*2-4H,1H3,(H2,7,8). The van der Waals surface area contributed by atoms with Crippen molar-refractivity contribution in [3.63, 3.8) is 0 Å². The topological polar surface area (TPSA) is 77.8 Å². The smallest absolute Gasteiger partial charge is 0.123 e. The summed E-state index contributed by atoms with van der Waals surface area (Å²) in [4.78, 5) is 7.81. The molecule has 0 spiro atoms.